The lowest BCUT2D eigenvalue weighted by atomic mass is 10.0. The zero-order chi connectivity index (χ0) is 14.8. The highest BCUT2D eigenvalue weighted by Crippen LogP contribution is 2.24. The number of methoxy groups -OCH3 is 1. The predicted octanol–water partition coefficient (Wildman–Crippen LogP) is 2.80. The van der Waals surface area contributed by atoms with Gasteiger partial charge in [0, 0.05) is 25.1 Å². The van der Waals surface area contributed by atoms with Crippen LogP contribution in [-0.4, -0.2) is 17.1 Å². The van der Waals surface area contributed by atoms with Gasteiger partial charge in [0.1, 0.15) is 11.6 Å². The van der Waals surface area contributed by atoms with Crippen molar-refractivity contribution in [2.45, 2.75) is 39.3 Å². The second-order valence-corrected chi connectivity index (χ2v) is 5.74. The topological polar surface area (TPSA) is 47.0 Å². The number of ether oxygens (including phenoxy) is 1. The van der Waals surface area contributed by atoms with E-state index in [1.165, 1.54) is 16.8 Å². The number of rotatable bonds is 4. The molecule has 0 fully saturated rings. The van der Waals surface area contributed by atoms with Gasteiger partial charge < -0.3 is 10.1 Å². The third kappa shape index (κ3) is 2.90. The van der Waals surface area contributed by atoms with E-state index >= 15 is 0 Å². The van der Waals surface area contributed by atoms with Gasteiger partial charge in [-0.15, -0.1) is 0 Å². The fraction of sp³-hybridized carbons (Fsp3) is 0.412. The van der Waals surface area contributed by atoms with Gasteiger partial charge in [0.2, 0.25) is 0 Å². The normalized spacial score (nSPS) is 13.5. The van der Waals surface area contributed by atoms with Crippen molar-refractivity contribution in [2.75, 3.05) is 7.11 Å². The molecule has 0 amide bonds. The molecule has 0 bridgehead atoms. The van der Waals surface area contributed by atoms with Crippen LogP contribution >= 0.6 is 0 Å². The molecule has 4 heteroatoms. The molecule has 21 heavy (non-hydrogen) atoms. The molecule has 0 atom stereocenters. The van der Waals surface area contributed by atoms with E-state index in [2.05, 4.69) is 25.2 Å². The van der Waals surface area contributed by atoms with Gasteiger partial charge in [-0.05, 0) is 23.6 Å². The van der Waals surface area contributed by atoms with Gasteiger partial charge in [-0.2, -0.15) is 0 Å². The number of aromatic nitrogens is 2. The van der Waals surface area contributed by atoms with Crippen LogP contribution < -0.4 is 10.1 Å². The van der Waals surface area contributed by atoms with E-state index in [0.717, 1.165) is 36.8 Å². The van der Waals surface area contributed by atoms with Gasteiger partial charge in [-0.3, -0.25) is 0 Å². The van der Waals surface area contributed by atoms with Crippen LogP contribution in [0.3, 0.4) is 0 Å². The molecular formula is C17H21N3O. The van der Waals surface area contributed by atoms with E-state index in [4.69, 9.17) is 14.7 Å². The summed E-state index contributed by atoms with van der Waals surface area (Å²) < 4.78 is 5.28. The lowest BCUT2D eigenvalue weighted by Crippen LogP contribution is -2.08. The minimum atomic E-state index is 0.422. The minimum absolute atomic E-state index is 0.422. The first-order valence-electron chi connectivity index (χ1n) is 7.39. The van der Waals surface area contributed by atoms with Crippen LogP contribution in [0.2, 0.25) is 0 Å². The molecule has 3 rings (SSSR count). The summed E-state index contributed by atoms with van der Waals surface area (Å²) in [7, 11) is 1.69. The van der Waals surface area contributed by atoms with E-state index in [9.17, 15) is 0 Å². The number of nitrogens with one attached hydrogen (secondary N) is 1. The Hall–Kier alpha value is -1.94. The molecule has 0 spiro atoms. The molecule has 1 aliphatic rings. The predicted molar refractivity (Wildman–Crippen MR) is 82.5 cm³/mol. The molecule has 1 N–H and O–H groups in total. The maximum Gasteiger partial charge on any atom is 0.133 e. The van der Waals surface area contributed by atoms with E-state index < -0.39 is 0 Å². The molecule has 110 valence electrons. The number of benzene rings is 1. The lowest BCUT2D eigenvalue weighted by molar-refractivity contribution is 0.414. The second kappa shape index (κ2) is 5.82. The van der Waals surface area contributed by atoms with Crippen molar-refractivity contribution in [1.82, 2.24) is 15.3 Å². The number of fused-ring (bicyclic) bond motifs is 1. The Morgan fingerprint density at radius 2 is 2.10 bits per heavy atom. The van der Waals surface area contributed by atoms with Crippen LogP contribution in [0.25, 0.3) is 0 Å². The lowest BCUT2D eigenvalue weighted by Gasteiger charge is -2.12. The summed E-state index contributed by atoms with van der Waals surface area (Å²) in [6.07, 6.45) is 0.740. The van der Waals surface area contributed by atoms with Gasteiger partial charge >= 0.3 is 0 Å². The molecule has 2 heterocycles. The largest absolute Gasteiger partial charge is 0.497 e. The van der Waals surface area contributed by atoms with Crippen molar-refractivity contribution in [3.8, 4) is 5.75 Å². The molecule has 0 radical (unpaired) electrons. The average molecular weight is 283 g/mol. The molecule has 4 nitrogen and oxygen atoms in total. The van der Waals surface area contributed by atoms with Gasteiger partial charge in [0.15, 0.2) is 0 Å². The summed E-state index contributed by atoms with van der Waals surface area (Å²) in [4.78, 5) is 9.54. The fourth-order valence-corrected chi connectivity index (χ4v) is 2.77. The minimum Gasteiger partial charge on any atom is -0.497 e. The van der Waals surface area contributed by atoms with Crippen LogP contribution in [0.1, 0.15) is 48.1 Å². The zero-order valence-corrected chi connectivity index (χ0v) is 12.8. The summed E-state index contributed by atoms with van der Waals surface area (Å²) in [5.74, 6) is 2.19. The van der Waals surface area contributed by atoms with E-state index in [1.54, 1.807) is 7.11 Å². The maximum absolute atomic E-state index is 5.28. The Balaban J connectivity index is 1.93. The highest BCUT2D eigenvalue weighted by atomic mass is 16.5. The van der Waals surface area contributed by atoms with Gasteiger partial charge in [0.05, 0.1) is 18.5 Å². The smallest absolute Gasteiger partial charge is 0.133 e. The molecule has 1 aliphatic heterocycles. The first-order valence-corrected chi connectivity index (χ1v) is 7.39. The van der Waals surface area contributed by atoms with E-state index in [1.807, 2.05) is 18.2 Å². The Morgan fingerprint density at radius 1 is 1.24 bits per heavy atom. The number of hydrogen-bond donors (Lipinski definition) is 1. The Kier molecular flexibility index (Phi) is 3.88. The van der Waals surface area contributed by atoms with Gasteiger partial charge in [0.25, 0.3) is 0 Å². The van der Waals surface area contributed by atoms with Crippen molar-refractivity contribution in [3.63, 3.8) is 0 Å². The molecule has 1 aromatic carbocycles. The van der Waals surface area contributed by atoms with Crippen LogP contribution in [0.4, 0.5) is 0 Å². The van der Waals surface area contributed by atoms with E-state index in [0.29, 0.717) is 5.92 Å². The molecular weight excluding hydrogens is 262 g/mol. The quantitative estimate of drug-likeness (QED) is 0.937. The summed E-state index contributed by atoms with van der Waals surface area (Å²) >= 11 is 0. The molecule has 2 aromatic rings. The number of hydrogen-bond acceptors (Lipinski definition) is 4. The monoisotopic (exact) mass is 283 g/mol. The van der Waals surface area contributed by atoms with Crippen molar-refractivity contribution in [3.05, 3.63) is 52.6 Å². The molecule has 0 saturated heterocycles. The Morgan fingerprint density at radius 3 is 2.86 bits per heavy atom. The number of nitrogens with zero attached hydrogens (tertiary/aromatic N) is 2. The van der Waals surface area contributed by atoms with Crippen LogP contribution in [0, 0.1) is 0 Å². The zero-order valence-electron chi connectivity index (χ0n) is 12.8. The Bertz CT molecular complexity index is 652. The van der Waals surface area contributed by atoms with Gasteiger partial charge in [-0.25, -0.2) is 9.97 Å². The third-order valence-electron chi connectivity index (χ3n) is 3.81. The summed E-state index contributed by atoms with van der Waals surface area (Å²) in [6, 6.07) is 8.10. The summed E-state index contributed by atoms with van der Waals surface area (Å²) in [5.41, 5.74) is 4.81. The third-order valence-corrected chi connectivity index (χ3v) is 3.81. The first kappa shape index (κ1) is 14.0. The van der Waals surface area contributed by atoms with Crippen molar-refractivity contribution in [2.24, 2.45) is 0 Å². The standard InChI is InChI=1S/C17H21N3O/c1-11(2)17-14-9-18-10-15(14)19-16(20-17)8-12-5-4-6-13(7-12)21-3/h4-7,11,18H,8-10H2,1-3H3. The summed E-state index contributed by atoms with van der Waals surface area (Å²) in [6.45, 7) is 6.12. The first-order chi connectivity index (χ1) is 10.2. The SMILES string of the molecule is COc1cccc(Cc2nc3c(c(C(C)C)n2)CNC3)c1. The highest BCUT2D eigenvalue weighted by molar-refractivity contribution is 5.34. The van der Waals surface area contributed by atoms with Crippen molar-refractivity contribution < 1.29 is 4.74 Å². The van der Waals surface area contributed by atoms with Crippen molar-refractivity contribution >= 4 is 0 Å². The highest BCUT2D eigenvalue weighted by Gasteiger charge is 2.20. The summed E-state index contributed by atoms with van der Waals surface area (Å²) in [5, 5.41) is 3.37. The van der Waals surface area contributed by atoms with Crippen LogP contribution in [0.5, 0.6) is 5.75 Å². The molecule has 0 unspecified atom stereocenters. The maximum atomic E-state index is 5.28. The second-order valence-electron chi connectivity index (χ2n) is 5.74. The molecule has 0 aliphatic carbocycles. The van der Waals surface area contributed by atoms with Crippen LogP contribution in [-0.2, 0) is 19.5 Å². The van der Waals surface area contributed by atoms with Crippen molar-refractivity contribution in [1.29, 1.82) is 0 Å². The average Bonchev–Trinajstić information content (AvgIpc) is 2.94. The van der Waals surface area contributed by atoms with Crippen LogP contribution in [0.15, 0.2) is 24.3 Å². The molecule has 1 aromatic heterocycles. The van der Waals surface area contributed by atoms with Gasteiger partial charge in [-0.1, -0.05) is 26.0 Å². The fourth-order valence-electron chi connectivity index (χ4n) is 2.77. The molecule has 0 saturated carbocycles. The van der Waals surface area contributed by atoms with E-state index in [-0.39, 0.29) is 0 Å². The Labute approximate surface area is 125 Å².